The van der Waals surface area contributed by atoms with Gasteiger partial charge in [-0.3, -0.25) is 9.10 Å². The van der Waals surface area contributed by atoms with Crippen LogP contribution in [0, 0.1) is 11.3 Å². The first kappa shape index (κ1) is 26.2. The van der Waals surface area contributed by atoms with E-state index >= 15 is 0 Å². The van der Waals surface area contributed by atoms with E-state index in [1.807, 2.05) is 6.07 Å². The monoisotopic (exact) mass is 538 g/mol. The summed E-state index contributed by atoms with van der Waals surface area (Å²) < 4.78 is 32.8. The largest absolute Gasteiger partial charge is 0.450 e. The second kappa shape index (κ2) is 11.0. The first-order valence-electron chi connectivity index (χ1n) is 11.8. The van der Waals surface area contributed by atoms with Crippen LogP contribution in [0.25, 0.3) is 0 Å². The van der Waals surface area contributed by atoms with Gasteiger partial charge in [0.25, 0.3) is 15.9 Å². The Hall–Kier alpha value is -3.88. The van der Waals surface area contributed by atoms with E-state index in [0.29, 0.717) is 35.8 Å². The van der Waals surface area contributed by atoms with E-state index in [4.69, 9.17) is 4.74 Å². The SMILES string of the molecule is CCOC(=O)N1CCc2c(sc(NC(=O)c3ccc(S(=O)(=O)N(CC)c4ccccc4)cc3)c2C#N)C1. The fraction of sp³-hybridized carbons (Fsp3) is 0.269. The summed E-state index contributed by atoms with van der Waals surface area (Å²) in [7, 11) is -3.82. The Labute approximate surface area is 219 Å². The third-order valence-electron chi connectivity index (χ3n) is 5.96. The third-order valence-corrected chi connectivity index (χ3v) is 9.01. The standard InChI is InChI=1S/C26H26N4O5S2/c1-3-30(19-8-6-5-7-9-19)37(33,34)20-12-10-18(11-13-20)24(31)28-25-22(16-27)21-14-15-29(17-23(21)36-25)26(32)35-4-2/h5-13H,3-4,14-15,17H2,1-2H3,(H,28,31). The van der Waals surface area contributed by atoms with Crippen molar-refractivity contribution in [1.29, 1.82) is 5.26 Å². The summed E-state index contributed by atoms with van der Waals surface area (Å²) in [5, 5.41) is 12.9. The molecular weight excluding hydrogens is 512 g/mol. The second-order valence-corrected chi connectivity index (χ2v) is 11.1. The van der Waals surface area contributed by atoms with Crippen LogP contribution in [-0.2, 0) is 27.7 Å². The number of amides is 2. The number of anilines is 2. The van der Waals surface area contributed by atoms with Gasteiger partial charge in [0, 0.05) is 23.5 Å². The van der Waals surface area contributed by atoms with Crippen molar-refractivity contribution in [2.75, 3.05) is 29.3 Å². The minimum absolute atomic E-state index is 0.0677. The van der Waals surface area contributed by atoms with Crippen LogP contribution in [0.2, 0.25) is 0 Å². The Morgan fingerprint density at radius 2 is 1.84 bits per heavy atom. The van der Waals surface area contributed by atoms with Crippen LogP contribution in [0.5, 0.6) is 0 Å². The summed E-state index contributed by atoms with van der Waals surface area (Å²) in [6, 6.07) is 16.7. The van der Waals surface area contributed by atoms with E-state index in [1.165, 1.54) is 39.9 Å². The molecule has 2 heterocycles. The van der Waals surface area contributed by atoms with Crippen molar-refractivity contribution in [2.24, 2.45) is 0 Å². The molecule has 1 aliphatic heterocycles. The van der Waals surface area contributed by atoms with E-state index in [9.17, 15) is 23.3 Å². The molecule has 192 valence electrons. The number of fused-ring (bicyclic) bond motifs is 1. The summed E-state index contributed by atoms with van der Waals surface area (Å²) in [6.07, 6.45) is 0.0836. The van der Waals surface area contributed by atoms with Crippen molar-refractivity contribution in [3.8, 4) is 6.07 Å². The molecule has 0 atom stereocenters. The molecule has 1 aliphatic rings. The Morgan fingerprint density at radius 1 is 1.14 bits per heavy atom. The summed E-state index contributed by atoms with van der Waals surface area (Å²) in [6.45, 7) is 4.77. The third kappa shape index (κ3) is 5.30. The molecule has 9 nitrogen and oxygen atoms in total. The molecular formula is C26H26N4O5S2. The van der Waals surface area contributed by atoms with Gasteiger partial charge in [-0.2, -0.15) is 5.26 Å². The lowest BCUT2D eigenvalue weighted by Gasteiger charge is -2.25. The van der Waals surface area contributed by atoms with Crippen LogP contribution in [-0.4, -0.2) is 45.0 Å². The van der Waals surface area contributed by atoms with E-state index in [1.54, 1.807) is 43.0 Å². The van der Waals surface area contributed by atoms with Crippen LogP contribution in [0.4, 0.5) is 15.5 Å². The zero-order valence-corrected chi connectivity index (χ0v) is 22.1. The van der Waals surface area contributed by atoms with Crippen molar-refractivity contribution in [3.63, 3.8) is 0 Å². The lowest BCUT2D eigenvalue weighted by atomic mass is 10.0. The van der Waals surface area contributed by atoms with Crippen molar-refractivity contribution in [1.82, 2.24) is 4.90 Å². The van der Waals surface area contributed by atoms with Gasteiger partial charge in [-0.25, -0.2) is 13.2 Å². The van der Waals surface area contributed by atoms with Gasteiger partial charge in [-0.15, -0.1) is 11.3 Å². The molecule has 2 amide bonds. The Morgan fingerprint density at radius 3 is 2.46 bits per heavy atom. The molecule has 0 saturated heterocycles. The summed E-state index contributed by atoms with van der Waals surface area (Å²) in [5.41, 5.74) is 2.02. The van der Waals surface area contributed by atoms with E-state index in [0.717, 1.165) is 10.4 Å². The number of sulfonamides is 1. The van der Waals surface area contributed by atoms with Crippen molar-refractivity contribution in [3.05, 3.63) is 76.2 Å². The summed E-state index contributed by atoms with van der Waals surface area (Å²) in [4.78, 5) is 27.5. The fourth-order valence-electron chi connectivity index (χ4n) is 4.15. The zero-order chi connectivity index (χ0) is 26.6. The van der Waals surface area contributed by atoms with Crippen molar-refractivity contribution in [2.45, 2.75) is 31.7 Å². The Balaban J connectivity index is 1.52. The van der Waals surface area contributed by atoms with Crippen LogP contribution in [0.3, 0.4) is 0 Å². The Bertz CT molecular complexity index is 1440. The predicted octanol–water partition coefficient (Wildman–Crippen LogP) is 4.60. The lowest BCUT2D eigenvalue weighted by Crippen LogP contribution is -2.35. The molecule has 0 bridgehead atoms. The van der Waals surface area contributed by atoms with Crippen molar-refractivity contribution < 1.29 is 22.7 Å². The first-order valence-corrected chi connectivity index (χ1v) is 14.0. The molecule has 0 unspecified atom stereocenters. The molecule has 1 aromatic heterocycles. The highest BCUT2D eigenvalue weighted by atomic mass is 32.2. The lowest BCUT2D eigenvalue weighted by molar-refractivity contribution is 0.102. The normalized spacial score (nSPS) is 12.8. The number of hydrogen-bond donors (Lipinski definition) is 1. The molecule has 11 heteroatoms. The number of carbonyl (C=O) groups excluding carboxylic acids is 2. The molecule has 4 rings (SSSR count). The number of rotatable bonds is 7. The van der Waals surface area contributed by atoms with E-state index in [2.05, 4.69) is 11.4 Å². The van der Waals surface area contributed by atoms with Crippen molar-refractivity contribution >= 4 is 44.0 Å². The zero-order valence-electron chi connectivity index (χ0n) is 20.4. The minimum atomic E-state index is -3.82. The predicted molar refractivity (Wildman–Crippen MR) is 141 cm³/mol. The van der Waals surface area contributed by atoms with Gasteiger partial charge in [0.1, 0.15) is 11.1 Å². The molecule has 0 aliphatic carbocycles. The number of para-hydroxylation sites is 1. The molecule has 0 spiro atoms. The van der Waals surface area contributed by atoms with Gasteiger partial charge in [-0.1, -0.05) is 18.2 Å². The van der Waals surface area contributed by atoms with Gasteiger partial charge < -0.3 is 15.0 Å². The first-order chi connectivity index (χ1) is 17.8. The van der Waals surface area contributed by atoms with Gasteiger partial charge in [0.05, 0.1) is 29.3 Å². The minimum Gasteiger partial charge on any atom is -0.450 e. The number of ether oxygens (including phenoxy) is 1. The van der Waals surface area contributed by atoms with E-state index in [-0.39, 0.29) is 23.6 Å². The Kier molecular flexibility index (Phi) is 7.80. The maximum absolute atomic E-state index is 13.2. The molecule has 1 N–H and O–H groups in total. The molecule has 0 radical (unpaired) electrons. The van der Waals surface area contributed by atoms with Crippen LogP contribution in [0.15, 0.2) is 59.5 Å². The quantitative estimate of drug-likeness (QED) is 0.469. The number of carbonyl (C=O) groups is 2. The van der Waals surface area contributed by atoms with Crippen LogP contribution >= 0.6 is 11.3 Å². The van der Waals surface area contributed by atoms with Gasteiger partial charge in [0.15, 0.2) is 0 Å². The number of nitrogens with one attached hydrogen (secondary N) is 1. The highest BCUT2D eigenvalue weighted by Crippen LogP contribution is 2.37. The van der Waals surface area contributed by atoms with Gasteiger partial charge in [0.2, 0.25) is 0 Å². The highest BCUT2D eigenvalue weighted by molar-refractivity contribution is 7.92. The molecule has 37 heavy (non-hydrogen) atoms. The molecule has 3 aromatic rings. The number of nitriles is 1. The smallest absolute Gasteiger partial charge is 0.410 e. The van der Waals surface area contributed by atoms with Crippen LogP contribution in [0.1, 0.15) is 40.2 Å². The second-order valence-electron chi connectivity index (χ2n) is 8.17. The molecule has 2 aromatic carbocycles. The van der Waals surface area contributed by atoms with Gasteiger partial charge >= 0.3 is 6.09 Å². The maximum atomic E-state index is 13.2. The number of nitrogens with zero attached hydrogens (tertiary/aromatic N) is 3. The summed E-state index contributed by atoms with van der Waals surface area (Å²) >= 11 is 1.25. The number of hydrogen-bond acceptors (Lipinski definition) is 7. The topological polar surface area (TPSA) is 120 Å². The van der Waals surface area contributed by atoms with E-state index < -0.39 is 22.0 Å². The number of thiophene rings is 1. The molecule has 0 fully saturated rings. The number of benzene rings is 2. The molecule has 0 saturated carbocycles. The van der Waals surface area contributed by atoms with Gasteiger partial charge in [-0.05, 0) is 62.2 Å². The average Bonchev–Trinajstić information content (AvgIpc) is 3.25. The highest BCUT2D eigenvalue weighted by Gasteiger charge is 2.28. The maximum Gasteiger partial charge on any atom is 0.410 e. The summed E-state index contributed by atoms with van der Waals surface area (Å²) in [5.74, 6) is -0.461. The van der Waals surface area contributed by atoms with Crippen LogP contribution < -0.4 is 9.62 Å². The average molecular weight is 539 g/mol. The fourth-order valence-corrected chi connectivity index (χ4v) is 6.83.